The molecule has 0 saturated carbocycles. The number of carbonyl (C=O) groups excluding carboxylic acids is 2. The molecule has 0 unspecified atom stereocenters. The van der Waals surface area contributed by atoms with Gasteiger partial charge in [0.2, 0.25) is 5.91 Å². The van der Waals surface area contributed by atoms with Gasteiger partial charge in [0.05, 0.1) is 12.1 Å². The molecule has 0 heterocycles. The highest BCUT2D eigenvalue weighted by Crippen LogP contribution is 2.11. The number of phenolic OH excluding ortho intramolecular Hbond substituents is 1. The second-order valence-corrected chi connectivity index (χ2v) is 5.42. The zero-order chi connectivity index (χ0) is 16.7. The third-order valence-corrected chi connectivity index (χ3v) is 3.52. The SMILES string of the molecule is N[C@@H](Cc1ccc(O)cc1)C(=O)N[C@H](C=O)Cc1ccccc1. The molecule has 0 aliphatic carbocycles. The number of phenols is 1. The van der Waals surface area contributed by atoms with Crippen LogP contribution in [-0.2, 0) is 22.4 Å². The van der Waals surface area contributed by atoms with Crippen molar-refractivity contribution in [3.63, 3.8) is 0 Å². The number of aldehydes is 1. The number of benzene rings is 2. The van der Waals surface area contributed by atoms with Gasteiger partial charge >= 0.3 is 0 Å². The molecule has 0 bridgehead atoms. The van der Waals surface area contributed by atoms with Gasteiger partial charge in [-0.2, -0.15) is 0 Å². The van der Waals surface area contributed by atoms with Gasteiger partial charge in [-0.25, -0.2) is 0 Å². The van der Waals surface area contributed by atoms with Gasteiger partial charge in [-0.3, -0.25) is 4.79 Å². The number of rotatable bonds is 7. The Labute approximate surface area is 135 Å². The smallest absolute Gasteiger partial charge is 0.237 e. The zero-order valence-corrected chi connectivity index (χ0v) is 12.7. The number of aromatic hydroxyl groups is 1. The Balaban J connectivity index is 1.90. The zero-order valence-electron chi connectivity index (χ0n) is 12.7. The standard InChI is InChI=1S/C18H20N2O3/c19-17(11-14-6-8-16(22)9-7-14)18(23)20-15(12-21)10-13-4-2-1-3-5-13/h1-9,12,15,17,22H,10-11,19H2,(H,20,23)/t15-,17-/m0/s1. The molecule has 1 amide bonds. The van der Waals surface area contributed by atoms with Crippen molar-refractivity contribution in [2.75, 3.05) is 0 Å². The van der Waals surface area contributed by atoms with Crippen LogP contribution < -0.4 is 11.1 Å². The van der Waals surface area contributed by atoms with Crippen molar-refractivity contribution in [3.05, 3.63) is 65.7 Å². The van der Waals surface area contributed by atoms with Gasteiger partial charge < -0.3 is 21.0 Å². The van der Waals surface area contributed by atoms with Crippen LogP contribution >= 0.6 is 0 Å². The number of nitrogens with one attached hydrogen (secondary N) is 1. The molecule has 0 saturated heterocycles. The van der Waals surface area contributed by atoms with Crippen molar-refractivity contribution in [1.29, 1.82) is 0 Å². The van der Waals surface area contributed by atoms with E-state index in [-0.39, 0.29) is 11.7 Å². The highest BCUT2D eigenvalue weighted by Gasteiger charge is 2.18. The molecule has 0 spiro atoms. The summed E-state index contributed by atoms with van der Waals surface area (Å²) < 4.78 is 0. The molecule has 2 aromatic rings. The molecule has 120 valence electrons. The van der Waals surface area contributed by atoms with Crippen LogP contribution in [0.3, 0.4) is 0 Å². The Bertz CT molecular complexity index is 641. The number of carbonyl (C=O) groups is 2. The van der Waals surface area contributed by atoms with Gasteiger partial charge in [-0.05, 0) is 36.1 Å². The van der Waals surface area contributed by atoms with E-state index >= 15 is 0 Å². The fourth-order valence-corrected chi connectivity index (χ4v) is 2.27. The summed E-state index contributed by atoms with van der Waals surface area (Å²) in [6, 6.07) is 14.6. The lowest BCUT2D eigenvalue weighted by Gasteiger charge is -2.17. The summed E-state index contributed by atoms with van der Waals surface area (Å²) in [5.74, 6) is -0.207. The molecule has 2 aromatic carbocycles. The van der Waals surface area contributed by atoms with Crippen LogP contribution in [0.5, 0.6) is 5.75 Å². The maximum Gasteiger partial charge on any atom is 0.237 e. The number of nitrogens with two attached hydrogens (primary N) is 1. The number of amides is 1. The first-order valence-corrected chi connectivity index (χ1v) is 7.41. The molecule has 4 N–H and O–H groups in total. The summed E-state index contributed by atoms with van der Waals surface area (Å²) >= 11 is 0. The van der Waals surface area contributed by atoms with E-state index < -0.39 is 12.1 Å². The lowest BCUT2D eigenvalue weighted by atomic mass is 10.0. The molecule has 5 nitrogen and oxygen atoms in total. The van der Waals surface area contributed by atoms with E-state index in [0.717, 1.165) is 17.4 Å². The summed E-state index contributed by atoms with van der Waals surface area (Å²) in [7, 11) is 0. The van der Waals surface area contributed by atoms with E-state index in [2.05, 4.69) is 5.32 Å². The van der Waals surface area contributed by atoms with Crippen LogP contribution in [0.2, 0.25) is 0 Å². The maximum atomic E-state index is 12.1. The van der Waals surface area contributed by atoms with E-state index in [4.69, 9.17) is 5.73 Å². The molecule has 2 rings (SSSR count). The van der Waals surface area contributed by atoms with Crippen LogP contribution in [0.1, 0.15) is 11.1 Å². The summed E-state index contributed by atoms with van der Waals surface area (Å²) in [5, 5.41) is 11.9. The minimum atomic E-state index is -0.752. The normalized spacial score (nSPS) is 13.1. The molecule has 23 heavy (non-hydrogen) atoms. The van der Waals surface area contributed by atoms with Crippen molar-refractivity contribution >= 4 is 12.2 Å². The van der Waals surface area contributed by atoms with E-state index in [1.165, 1.54) is 0 Å². The summed E-state index contributed by atoms with van der Waals surface area (Å²) in [6.45, 7) is 0. The second-order valence-electron chi connectivity index (χ2n) is 5.42. The third kappa shape index (κ3) is 5.23. The van der Waals surface area contributed by atoms with E-state index in [9.17, 15) is 14.7 Å². The topological polar surface area (TPSA) is 92.4 Å². The molecule has 0 aromatic heterocycles. The predicted molar refractivity (Wildman–Crippen MR) is 87.9 cm³/mol. The van der Waals surface area contributed by atoms with Crippen LogP contribution in [0.4, 0.5) is 0 Å². The lowest BCUT2D eigenvalue weighted by molar-refractivity contribution is -0.125. The predicted octanol–water partition coefficient (Wildman–Crippen LogP) is 1.19. The highest BCUT2D eigenvalue weighted by molar-refractivity contribution is 5.84. The van der Waals surface area contributed by atoms with Crippen molar-refractivity contribution in [1.82, 2.24) is 5.32 Å². The van der Waals surface area contributed by atoms with Crippen LogP contribution in [0.15, 0.2) is 54.6 Å². The molecule has 0 aliphatic rings. The first-order chi connectivity index (χ1) is 11.1. The largest absolute Gasteiger partial charge is 0.508 e. The summed E-state index contributed by atoms with van der Waals surface area (Å²) in [5.41, 5.74) is 7.71. The molecule has 5 heteroatoms. The first-order valence-electron chi connectivity index (χ1n) is 7.41. The minimum absolute atomic E-state index is 0.163. The van der Waals surface area contributed by atoms with E-state index in [1.54, 1.807) is 24.3 Å². The second kappa shape index (κ2) is 8.10. The monoisotopic (exact) mass is 312 g/mol. The maximum absolute atomic E-state index is 12.1. The lowest BCUT2D eigenvalue weighted by Crippen LogP contribution is -2.47. The number of hydrogen-bond donors (Lipinski definition) is 3. The fourth-order valence-electron chi connectivity index (χ4n) is 2.27. The molecule has 0 radical (unpaired) electrons. The average molecular weight is 312 g/mol. The van der Waals surface area contributed by atoms with Crippen molar-refractivity contribution in [2.45, 2.75) is 24.9 Å². The average Bonchev–Trinajstić information content (AvgIpc) is 2.57. The van der Waals surface area contributed by atoms with E-state index in [1.807, 2.05) is 30.3 Å². The Morgan fingerprint density at radius 2 is 1.65 bits per heavy atom. The van der Waals surface area contributed by atoms with Crippen molar-refractivity contribution in [2.24, 2.45) is 5.73 Å². The first kappa shape index (κ1) is 16.7. The van der Waals surface area contributed by atoms with Gasteiger partial charge in [0.25, 0.3) is 0 Å². The molecule has 0 fully saturated rings. The van der Waals surface area contributed by atoms with Crippen LogP contribution in [-0.4, -0.2) is 29.4 Å². The molecular formula is C18H20N2O3. The molecular weight excluding hydrogens is 292 g/mol. The number of hydrogen-bond acceptors (Lipinski definition) is 4. The van der Waals surface area contributed by atoms with Gasteiger partial charge in [0.1, 0.15) is 12.0 Å². The van der Waals surface area contributed by atoms with Gasteiger partial charge in [-0.1, -0.05) is 42.5 Å². The Hall–Kier alpha value is -2.66. The van der Waals surface area contributed by atoms with Gasteiger partial charge in [-0.15, -0.1) is 0 Å². The van der Waals surface area contributed by atoms with Crippen LogP contribution in [0, 0.1) is 0 Å². The van der Waals surface area contributed by atoms with E-state index in [0.29, 0.717) is 12.8 Å². The van der Waals surface area contributed by atoms with Crippen LogP contribution in [0.25, 0.3) is 0 Å². The Kier molecular flexibility index (Phi) is 5.88. The quantitative estimate of drug-likeness (QED) is 0.670. The minimum Gasteiger partial charge on any atom is -0.508 e. The Morgan fingerprint density at radius 1 is 1.04 bits per heavy atom. The van der Waals surface area contributed by atoms with Gasteiger partial charge in [0.15, 0.2) is 0 Å². The fraction of sp³-hybridized carbons (Fsp3) is 0.222. The molecule has 0 aliphatic heterocycles. The Morgan fingerprint density at radius 3 is 2.26 bits per heavy atom. The van der Waals surface area contributed by atoms with Gasteiger partial charge in [0, 0.05) is 0 Å². The van der Waals surface area contributed by atoms with Crippen molar-refractivity contribution in [3.8, 4) is 5.75 Å². The molecule has 2 atom stereocenters. The highest BCUT2D eigenvalue weighted by atomic mass is 16.3. The van der Waals surface area contributed by atoms with Crippen molar-refractivity contribution < 1.29 is 14.7 Å². The summed E-state index contributed by atoms with van der Waals surface area (Å²) in [6.07, 6.45) is 1.49. The summed E-state index contributed by atoms with van der Waals surface area (Å²) in [4.78, 5) is 23.3. The third-order valence-electron chi connectivity index (χ3n) is 3.52.